The Morgan fingerprint density at radius 1 is 1.00 bits per heavy atom. The van der Waals surface area contributed by atoms with Gasteiger partial charge >= 0.3 is 0 Å². The zero-order valence-corrected chi connectivity index (χ0v) is 15.7. The first-order chi connectivity index (χ1) is 14.0. The summed E-state index contributed by atoms with van der Waals surface area (Å²) < 4.78 is 13.4. The lowest BCUT2D eigenvalue weighted by molar-refractivity contribution is -0.132. The number of nitrogens with zero attached hydrogens (tertiary/aromatic N) is 2. The fraction of sp³-hybridized carbons (Fsp3) is 0.0455. The summed E-state index contributed by atoms with van der Waals surface area (Å²) in [7, 11) is 0. The van der Waals surface area contributed by atoms with Crippen molar-refractivity contribution < 1.29 is 19.1 Å². The number of ketones is 1. The summed E-state index contributed by atoms with van der Waals surface area (Å²) in [4.78, 5) is 31.2. The maximum Gasteiger partial charge on any atom is 0.300 e. The van der Waals surface area contributed by atoms with E-state index in [2.05, 4.69) is 4.98 Å². The first-order valence-corrected chi connectivity index (χ1v) is 9.08. The van der Waals surface area contributed by atoms with Crippen LogP contribution in [0.3, 0.4) is 0 Å². The molecular weight excluding hydrogens is 395 g/mol. The number of carbonyl (C=O) groups excluding carboxylic acids is 2. The van der Waals surface area contributed by atoms with Crippen molar-refractivity contribution in [1.82, 2.24) is 4.98 Å². The van der Waals surface area contributed by atoms with Crippen LogP contribution in [0.1, 0.15) is 17.3 Å². The number of hydrogen-bond donors (Lipinski definition) is 1. The molecule has 1 N–H and O–H groups in total. The van der Waals surface area contributed by atoms with Crippen LogP contribution < -0.4 is 4.90 Å². The monoisotopic (exact) mass is 408 g/mol. The van der Waals surface area contributed by atoms with E-state index in [1.165, 1.54) is 35.4 Å². The highest BCUT2D eigenvalue weighted by atomic mass is 35.5. The molecule has 0 spiro atoms. The molecule has 4 rings (SSSR count). The molecule has 2 aromatic carbocycles. The number of rotatable bonds is 3. The van der Waals surface area contributed by atoms with Gasteiger partial charge in [-0.1, -0.05) is 17.7 Å². The van der Waals surface area contributed by atoms with E-state index in [1.807, 2.05) is 0 Å². The van der Waals surface area contributed by atoms with Gasteiger partial charge in [0.15, 0.2) is 0 Å². The topological polar surface area (TPSA) is 70.5 Å². The highest BCUT2D eigenvalue weighted by molar-refractivity contribution is 6.51. The van der Waals surface area contributed by atoms with Crippen LogP contribution >= 0.6 is 11.6 Å². The average Bonchev–Trinajstić information content (AvgIpc) is 3.00. The summed E-state index contributed by atoms with van der Waals surface area (Å²) in [6.07, 6.45) is 1.53. The van der Waals surface area contributed by atoms with Gasteiger partial charge in [-0.15, -0.1) is 0 Å². The molecular formula is C22H14ClFN2O3. The Bertz CT molecular complexity index is 1110. The average molecular weight is 409 g/mol. The van der Waals surface area contributed by atoms with Crippen LogP contribution in [0.15, 0.2) is 78.5 Å². The summed E-state index contributed by atoms with van der Waals surface area (Å²) in [5, 5.41) is 11.4. The van der Waals surface area contributed by atoms with E-state index in [0.717, 1.165) is 0 Å². The molecule has 29 heavy (non-hydrogen) atoms. The van der Waals surface area contributed by atoms with E-state index in [0.29, 0.717) is 22.0 Å². The number of anilines is 1. The standard InChI is InChI=1S/C22H14ClFN2O3/c23-14-6-4-13(5-7-14)20(27)18-19(17-3-1-2-12-25-17)26(22(29)21(18)28)16-10-8-15(24)9-11-16/h1-12,19,27H/b20-18-. The molecule has 1 fully saturated rings. The van der Waals surface area contributed by atoms with Crippen LogP contribution in [0.2, 0.25) is 5.02 Å². The smallest absolute Gasteiger partial charge is 0.300 e. The first-order valence-electron chi connectivity index (χ1n) is 8.71. The number of pyridine rings is 1. The van der Waals surface area contributed by atoms with Crippen molar-refractivity contribution in [3.63, 3.8) is 0 Å². The second-order valence-corrected chi connectivity index (χ2v) is 6.84. The van der Waals surface area contributed by atoms with E-state index in [4.69, 9.17) is 11.6 Å². The lowest BCUT2D eigenvalue weighted by Gasteiger charge is -2.24. The molecule has 1 aliphatic rings. The van der Waals surface area contributed by atoms with E-state index in [9.17, 15) is 19.1 Å². The number of aromatic nitrogens is 1. The molecule has 1 saturated heterocycles. The molecule has 5 nitrogen and oxygen atoms in total. The van der Waals surface area contributed by atoms with Gasteiger partial charge in [-0.25, -0.2) is 4.39 Å². The van der Waals surface area contributed by atoms with E-state index < -0.39 is 23.5 Å². The van der Waals surface area contributed by atoms with Crippen molar-refractivity contribution in [2.45, 2.75) is 6.04 Å². The molecule has 1 amide bonds. The van der Waals surface area contributed by atoms with Crippen molar-refractivity contribution in [2.75, 3.05) is 4.90 Å². The van der Waals surface area contributed by atoms with Crippen LogP contribution in [0.5, 0.6) is 0 Å². The Hall–Kier alpha value is -3.51. The summed E-state index contributed by atoms with van der Waals surface area (Å²) in [6.45, 7) is 0. The number of Topliss-reactive ketones (excluding diaryl/α,β-unsaturated/α-hetero) is 1. The summed E-state index contributed by atoms with van der Waals surface area (Å²) >= 11 is 5.90. The lowest BCUT2D eigenvalue weighted by atomic mass is 9.98. The highest BCUT2D eigenvalue weighted by Gasteiger charge is 2.47. The maximum absolute atomic E-state index is 13.4. The second kappa shape index (κ2) is 7.48. The molecule has 7 heteroatoms. The molecule has 0 saturated carbocycles. The zero-order valence-electron chi connectivity index (χ0n) is 14.9. The molecule has 2 heterocycles. The van der Waals surface area contributed by atoms with Crippen LogP contribution in [-0.4, -0.2) is 21.8 Å². The van der Waals surface area contributed by atoms with Gasteiger partial charge in [-0.05, 0) is 60.7 Å². The molecule has 1 unspecified atom stereocenters. The van der Waals surface area contributed by atoms with Crippen molar-refractivity contribution in [3.8, 4) is 0 Å². The molecule has 1 aliphatic heterocycles. The SMILES string of the molecule is O=C1C(=O)N(c2ccc(F)cc2)C(c2ccccn2)/C1=C(/O)c1ccc(Cl)cc1. The Morgan fingerprint density at radius 2 is 1.69 bits per heavy atom. The van der Waals surface area contributed by atoms with E-state index in [-0.39, 0.29) is 11.3 Å². The summed E-state index contributed by atoms with van der Waals surface area (Å²) in [6, 6.07) is 15.6. The largest absolute Gasteiger partial charge is 0.507 e. The number of aliphatic hydroxyl groups excluding tert-OH is 1. The Kier molecular flexibility index (Phi) is 4.86. The van der Waals surface area contributed by atoms with Gasteiger partial charge in [0.05, 0.1) is 11.3 Å². The third kappa shape index (κ3) is 3.39. The summed E-state index contributed by atoms with van der Waals surface area (Å²) in [5.41, 5.74) is 0.957. The quantitative estimate of drug-likeness (QED) is 0.393. The molecule has 1 atom stereocenters. The minimum absolute atomic E-state index is 0.0969. The van der Waals surface area contributed by atoms with Gasteiger partial charge in [0.2, 0.25) is 0 Å². The third-order valence-corrected chi connectivity index (χ3v) is 4.89. The summed E-state index contributed by atoms with van der Waals surface area (Å²) in [5.74, 6) is -2.48. The van der Waals surface area contributed by atoms with Crippen LogP contribution in [0.4, 0.5) is 10.1 Å². The zero-order chi connectivity index (χ0) is 20.5. The van der Waals surface area contributed by atoms with Crippen LogP contribution in [0.25, 0.3) is 5.76 Å². The van der Waals surface area contributed by atoms with Crippen molar-refractivity contribution in [1.29, 1.82) is 0 Å². The van der Waals surface area contributed by atoms with Crippen molar-refractivity contribution in [3.05, 3.63) is 101 Å². The van der Waals surface area contributed by atoms with Gasteiger partial charge in [-0.2, -0.15) is 0 Å². The number of halogens is 2. The minimum atomic E-state index is -0.961. The number of hydrogen-bond acceptors (Lipinski definition) is 4. The number of carbonyl (C=O) groups is 2. The first kappa shape index (κ1) is 18.8. The Labute approximate surface area is 170 Å². The second-order valence-electron chi connectivity index (χ2n) is 6.41. The maximum atomic E-state index is 13.4. The fourth-order valence-electron chi connectivity index (χ4n) is 3.28. The highest BCUT2D eigenvalue weighted by Crippen LogP contribution is 2.41. The predicted octanol–water partition coefficient (Wildman–Crippen LogP) is 4.50. The van der Waals surface area contributed by atoms with E-state index in [1.54, 1.807) is 42.5 Å². The molecule has 0 bridgehead atoms. The lowest BCUT2D eigenvalue weighted by Crippen LogP contribution is -2.29. The van der Waals surface area contributed by atoms with Gasteiger partial charge in [0.1, 0.15) is 17.6 Å². The molecule has 3 aromatic rings. The van der Waals surface area contributed by atoms with Gasteiger partial charge < -0.3 is 5.11 Å². The van der Waals surface area contributed by atoms with Crippen molar-refractivity contribution >= 4 is 34.7 Å². The Morgan fingerprint density at radius 3 is 2.31 bits per heavy atom. The van der Waals surface area contributed by atoms with Crippen molar-refractivity contribution in [2.24, 2.45) is 0 Å². The number of amides is 1. The minimum Gasteiger partial charge on any atom is -0.507 e. The molecule has 1 aromatic heterocycles. The molecule has 0 radical (unpaired) electrons. The normalized spacial score (nSPS) is 18.3. The van der Waals surface area contributed by atoms with E-state index >= 15 is 0 Å². The van der Waals surface area contributed by atoms with Gasteiger partial charge in [0, 0.05) is 22.5 Å². The van der Waals surface area contributed by atoms with Gasteiger partial charge in [-0.3, -0.25) is 19.5 Å². The molecule has 0 aliphatic carbocycles. The molecule has 144 valence electrons. The third-order valence-electron chi connectivity index (χ3n) is 4.63. The van der Waals surface area contributed by atoms with Gasteiger partial charge in [0.25, 0.3) is 11.7 Å². The van der Waals surface area contributed by atoms with Crippen LogP contribution in [-0.2, 0) is 9.59 Å². The fourth-order valence-corrected chi connectivity index (χ4v) is 3.41. The number of aliphatic hydroxyl groups is 1. The Balaban J connectivity index is 1.93. The van der Waals surface area contributed by atoms with Crippen LogP contribution in [0, 0.1) is 5.82 Å². The predicted molar refractivity (Wildman–Crippen MR) is 107 cm³/mol. The number of benzene rings is 2.